The summed E-state index contributed by atoms with van der Waals surface area (Å²) >= 11 is 0. The Morgan fingerprint density at radius 3 is 2.71 bits per heavy atom. The van der Waals surface area contributed by atoms with E-state index in [1.807, 2.05) is 66.9 Å². The fraction of sp³-hybridized carbons (Fsp3) is 0.208. The fourth-order valence-corrected chi connectivity index (χ4v) is 3.92. The molecule has 0 fully saturated rings. The van der Waals surface area contributed by atoms with E-state index in [0.29, 0.717) is 30.4 Å². The molecule has 31 heavy (non-hydrogen) atoms. The van der Waals surface area contributed by atoms with E-state index in [9.17, 15) is 4.79 Å². The van der Waals surface area contributed by atoms with Gasteiger partial charge in [0.1, 0.15) is 19.5 Å². The Morgan fingerprint density at radius 1 is 1.03 bits per heavy atom. The molecule has 0 bridgehead atoms. The minimum absolute atomic E-state index is 0.105. The van der Waals surface area contributed by atoms with Gasteiger partial charge >= 0.3 is 0 Å². The van der Waals surface area contributed by atoms with Crippen molar-refractivity contribution in [2.75, 3.05) is 19.8 Å². The molecule has 3 heterocycles. The van der Waals surface area contributed by atoms with Crippen molar-refractivity contribution < 1.29 is 19.0 Å². The van der Waals surface area contributed by atoms with Gasteiger partial charge in [-0.25, -0.2) is 9.97 Å². The molecule has 1 aliphatic heterocycles. The number of aromatic nitrogens is 3. The lowest BCUT2D eigenvalue weighted by atomic mass is 10.1. The van der Waals surface area contributed by atoms with Crippen molar-refractivity contribution in [1.29, 1.82) is 0 Å². The zero-order valence-corrected chi connectivity index (χ0v) is 17.3. The van der Waals surface area contributed by atoms with Crippen molar-refractivity contribution in [3.8, 4) is 23.1 Å². The highest BCUT2D eigenvalue weighted by molar-refractivity contribution is 5.99. The van der Waals surface area contributed by atoms with Crippen molar-refractivity contribution >= 4 is 16.7 Å². The Kier molecular flexibility index (Phi) is 4.78. The van der Waals surface area contributed by atoms with E-state index in [0.717, 1.165) is 33.7 Å². The van der Waals surface area contributed by atoms with Gasteiger partial charge in [0.2, 0.25) is 11.7 Å². The molecule has 0 radical (unpaired) electrons. The lowest BCUT2D eigenvalue weighted by molar-refractivity contribution is 0.0918. The van der Waals surface area contributed by atoms with E-state index in [1.54, 1.807) is 0 Å². The quantitative estimate of drug-likeness (QED) is 0.458. The molecule has 5 rings (SSSR count). The minimum Gasteiger partial charge on any atom is -0.486 e. The Balaban J connectivity index is 1.40. The summed E-state index contributed by atoms with van der Waals surface area (Å²) in [6.07, 6.45) is 1.44. The zero-order valence-electron chi connectivity index (χ0n) is 17.3. The molecule has 7 nitrogen and oxygen atoms in total. The summed E-state index contributed by atoms with van der Waals surface area (Å²) in [6, 6.07) is 15.2. The number of aryl methyl sites for hydroxylation is 1. The van der Waals surface area contributed by atoms with Gasteiger partial charge in [0.25, 0.3) is 0 Å². The molecule has 7 heteroatoms. The van der Waals surface area contributed by atoms with Gasteiger partial charge in [0.15, 0.2) is 18.1 Å². The highest BCUT2D eigenvalue weighted by atomic mass is 16.6. The maximum Gasteiger partial charge on any atom is 0.224 e. The average Bonchev–Trinajstić information content (AvgIpc) is 3.11. The molecule has 0 spiro atoms. The molecular weight excluding hydrogens is 394 g/mol. The molecule has 0 aliphatic carbocycles. The van der Waals surface area contributed by atoms with Crippen LogP contribution in [-0.2, 0) is 0 Å². The van der Waals surface area contributed by atoms with E-state index in [1.165, 1.54) is 6.33 Å². The van der Waals surface area contributed by atoms with Crippen molar-refractivity contribution in [3.05, 3.63) is 71.8 Å². The second-order valence-electron chi connectivity index (χ2n) is 7.36. The number of ether oxygens (including phenoxy) is 3. The van der Waals surface area contributed by atoms with Crippen LogP contribution in [0.25, 0.3) is 16.6 Å². The molecule has 2 aromatic carbocycles. The van der Waals surface area contributed by atoms with Gasteiger partial charge in [-0.1, -0.05) is 12.1 Å². The monoisotopic (exact) mass is 415 g/mol. The SMILES string of the molecule is Cc1cc(C(=O)COc2ncnc3ccccc23)c(C)n1-c1ccc2c(c1)OCCO2. The fourth-order valence-electron chi connectivity index (χ4n) is 3.92. The highest BCUT2D eigenvalue weighted by Crippen LogP contribution is 2.33. The first kappa shape index (κ1) is 19.1. The van der Waals surface area contributed by atoms with Gasteiger partial charge in [-0.15, -0.1) is 0 Å². The Bertz CT molecular complexity index is 1290. The number of rotatable bonds is 5. The van der Waals surface area contributed by atoms with Crippen LogP contribution >= 0.6 is 0 Å². The molecule has 0 unspecified atom stereocenters. The summed E-state index contributed by atoms with van der Waals surface area (Å²) in [6.45, 7) is 4.87. The molecule has 0 N–H and O–H groups in total. The number of nitrogens with zero attached hydrogens (tertiary/aromatic N) is 3. The van der Waals surface area contributed by atoms with Crippen LogP contribution in [0.2, 0.25) is 0 Å². The molecule has 0 amide bonds. The second kappa shape index (κ2) is 7.75. The largest absolute Gasteiger partial charge is 0.486 e. The Labute approximate surface area is 179 Å². The van der Waals surface area contributed by atoms with Crippen LogP contribution < -0.4 is 14.2 Å². The van der Waals surface area contributed by atoms with Crippen molar-refractivity contribution in [1.82, 2.24) is 14.5 Å². The molecule has 0 saturated carbocycles. The van der Waals surface area contributed by atoms with Crippen LogP contribution in [0, 0.1) is 13.8 Å². The molecule has 1 aliphatic rings. The Morgan fingerprint density at radius 2 is 1.84 bits per heavy atom. The van der Waals surface area contributed by atoms with E-state index >= 15 is 0 Å². The van der Waals surface area contributed by atoms with E-state index in [4.69, 9.17) is 14.2 Å². The number of ketones is 1. The van der Waals surface area contributed by atoms with Crippen LogP contribution in [-0.4, -0.2) is 40.1 Å². The minimum atomic E-state index is -0.111. The third kappa shape index (κ3) is 3.48. The van der Waals surface area contributed by atoms with Gasteiger partial charge in [0.05, 0.1) is 10.9 Å². The molecular formula is C24H21N3O4. The third-order valence-electron chi connectivity index (χ3n) is 5.36. The van der Waals surface area contributed by atoms with Crippen LogP contribution in [0.15, 0.2) is 54.9 Å². The summed E-state index contributed by atoms with van der Waals surface area (Å²) in [5, 5.41) is 0.777. The van der Waals surface area contributed by atoms with Gasteiger partial charge in [0, 0.05) is 28.7 Å². The topological polar surface area (TPSA) is 75.5 Å². The van der Waals surface area contributed by atoms with Crippen LogP contribution in [0.5, 0.6) is 17.4 Å². The smallest absolute Gasteiger partial charge is 0.224 e. The van der Waals surface area contributed by atoms with Crippen LogP contribution in [0.4, 0.5) is 0 Å². The van der Waals surface area contributed by atoms with Gasteiger partial charge < -0.3 is 18.8 Å². The van der Waals surface area contributed by atoms with Gasteiger partial charge in [-0.05, 0) is 44.2 Å². The molecule has 0 saturated heterocycles. The number of para-hydroxylation sites is 1. The molecule has 156 valence electrons. The van der Waals surface area contributed by atoms with E-state index < -0.39 is 0 Å². The number of hydrogen-bond acceptors (Lipinski definition) is 6. The maximum absolute atomic E-state index is 13.0. The van der Waals surface area contributed by atoms with E-state index in [-0.39, 0.29) is 12.4 Å². The Hall–Kier alpha value is -3.87. The molecule has 0 atom stereocenters. The van der Waals surface area contributed by atoms with Gasteiger partial charge in [-0.2, -0.15) is 0 Å². The zero-order chi connectivity index (χ0) is 21.4. The number of hydrogen-bond donors (Lipinski definition) is 0. The van der Waals surface area contributed by atoms with Crippen molar-refractivity contribution in [3.63, 3.8) is 0 Å². The summed E-state index contributed by atoms with van der Waals surface area (Å²) in [5.41, 5.74) is 4.10. The van der Waals surface area contributed by atoms with Crippen molar-refractivity contribution in [2.45, 2.75) is 13.8 Å². The molecule has 4 aromatic rings. The van der Waals surface area contributed by atoms with Crippen molar-refractivity contribution in [2.24, 2.45) is 0 Å². The number of fused-ring (bicyclic) bond motifs is 2. The van der Waals surface area contributed by atoms with E-state index in [2.05, 4.69) is 9.97 Å². The number of carbonyl (C=O) groups is 1. The maximum atomic E-state index is 13.0. The summed E-state index contributed by atoms with van der Waals surface area (Å²) in [4.78, 5) is 21.4. The standard InChI is InChI=1S/C24H21N3O4/c1-15-11-19(16(2)27(15)17-7-8-22-23(12-17)30-10-9-29-22)21(28)13-31-24-18-5-3-4-6-20(18)25-14-26-24/h3-8,11-12,14H,9-10,13H2,1-2H3. The lowest BCUT2D eigenvalue weighted by Crippen LogP contribution is -2.16. The predicted octanol–water partition coefficient (Wildman–Crippen LogP) is 4.07. The summed E-state index contributed by atoms with van der Waals surface area (Å²) in [5.74, 6) is 1.74. The summed E-state index contributed by atoms with van der Waals surface area (Å²) < 4.78 is 19.1. The first-order valence-corrected chi connectivity index (χ1v) is 10.1. The number of Topliss-reactive ketones (excluding diaryl/α,β-unsaturated/α-hetero) is 1. The summed E-state index contributed by atoms with van der Waals surface area (Å²) in [7, 11) is 0. The number of carbonyl (C=O) groups excluding carboxylic acids is 1. The third-order valence-corrected chi connectivity index (χ3v) is 5.36. The second-order valence-corrected chi connectivity index (χ2v) is 7.36. The predicted molar refractivity (Wildman–Crippen MR) is 116 cm³/mol. The van der Waals surface area contributed by atoms with Crippen LogP contribution in [0.3, 0.4) is 0 Å². The first-order valence-electron chi connectivity index (χ1n) is 10.1. The highest BCUT2D eigenvalue weighted by Gasteiger charge is 2.20. The van der Waals surface area contributed by atoms with Crippen LogP contribution in [0.1, 0.15) is 21.7 Å². The van der Waals surface area contributed by atoms with Gasteiger partial charge in [-0.3, -0.25) is 4.79 Å². The molecule has 2 aromatic heterocycles. The normalized spacial score (nSPS) is 12.7. The first-order chi connectivity index (χ1) is 15.1. The average molecular weight is 415 g/mol. The lowest BCUT2D eigenvalue weighted by Gasteiger charge is -2.20. The number of benzene rings is 2.